The minimum absolute atomic E-state index is 0.0945. The molecule has 1 aliphatic heterocycles. The zero-order valence-corrected chi connectivity index (χ0v) is 22.4. The van der Waals surface area contributed by atoms with Crippen molar-refractivity contribution in [2.24, 2.45) is 17.6 Å². The fraction of sp³-hybridized carbons (Fsp3) is 0.481. The third-order valence-corrected chi connectivity index (χ3v) is 8.61. The van der Waals surface area contributed by atoms with Crippen molar-refractivity contribution in [1.29, 1.82) is 5.41 Å². The Morgan fingerprint density at radius 1 is 1.29 bits per heavy atom. The number of phenolic OH excluding ortho intramolecular Hbond substituents is 1. The molecule has 1 heterocycles. The Balaban J connectivity index is 1.56. The number of anilines is 1. The van der Waals surface area contributed by atoms with Crippen molar-refractivity contribution in [2.45, 2.75) is 37.0 Å². The SMILES string of the molecule is CN(C)[C@@H]1C(O)=C(C(N)=O)C(=N)[C@@]2(O)C(=O)C3=C(O)c4c(O)c(NC(=O)CN5CC[C@@H](O)C5)cc(F)c4C[C@H]3C[C@@H]12. The number of nitrogens with two attached hydrogens (primary N) is 1. The lowest BCUT2D eigenvalue weighted by molar-refractivity contribution is -0.138. The Hall–Kier alpha value is -3.85. The predicted molar refractivity (Wildman–Crippen MR) is 143 cm³/mol. The highest BCUT2D eigenvalue weighted by atomic mass is 19.1. The first-order valence-electron chi connectivity index (χ1n) is 13.1. The Bertz CT molecular complexity index is 1460. The monoisotopic (exact) mass is 573 g/mol. The van der Waals surface area contributed by atoms with Crippen molar-refractivity contribution in [3.8, 4) is 5.75 Å². The van der Waals surface area contributed by atoms with Crippen LogP contribution in [0.25, 0.3) is 5.76 Å². The normalized spacial score (nSPS) is 29.9. The average Bonchev–Trinajstić information content (AvgIpc) is 3.28. The number of ketones is 1. The largest absolute Gasteiger partial charge is 0.510 e. The van der Waals surface area contributed by atoms with E-state index >= 15 is 4.39 Å². The van der Waals surface area contributed by atoms with Crippen molar-refractivity contribution in [3.05, 3.63) is 39.9 Å². The number of hydrogen-bond donors (Lipinski definition) is 8. The second-order valence-corrected chi connectivity index (χ2v) is 11.3. The molecule has 220 valence electrons. The maximum absolute atomic E-state index is 15.4. The van der Waals surface area contributed by atoms with E-state index in [4.69, 9.17) is 11.1 Å². The number of aliphatic hydroxyl groups is 4. The Morgan fingerprint density at radius 3 is 2.56 bits per heavy atom. The van der Waals surface area contributed by atoms with Crippen LogP contribution in [0.15, 0.2) is 23.0 Å². The molecule has 2 fully saturated rings. The van der Waals surface area contributed by atoms with Gasteiger partial charge < -0.3 is 42.0 Å². The van der Waals surface area contributed by atoms with E-state index in [0.29, 0.717) is 13.0 Å². The fourth-order valence-corrected chi connectivity index (χ4v) is 6.77. The highest BCUT2D eigenvalue weighted by Gasteiger charge is 2.63. The number of amides is 2. The molecule has 3 aliphatic carbocycles. The number of likely N-dealkylation sites (N-methyl/N-ethyl adjacent to an activating group) is 1. The van der Waals surface area contributed by atoms with E-state index in [1.165, 1.54) is 19.0 Å². The summed E-state index contributed by atoms with van der Waals surface area (Å²) in [5.74, 6) is -7.92. The number of likely N-dealkylation sites (tertiary alicyclic amines) is 1. The van der Waals surface area contributed by atoms with E-state index in [-0.39, 0.29) is 42.8 Å². The van der Waals surface area contributed by atoms with Gasteiger partial charge in [0.15, 0.2) is 11.4 Å². The van der Waals surface area contributed by atoms with Gasteiger partial charge in [-0.2, -0.15) is 0 Å². The molecule has 1 saturated carbocycles. The van der Waals surface area contributed by atoms with Crippen LogP contribution in [0, 0.1) is 23.1 Å². The van der Waals surface area contributed by atoms with Crippen molar-refractivity contribution in [1.82, 2.24) is 9.80 Å². The van der Waals surface area contributed by atoms with Crippen LogP contribution >= 0.6 is 0 Å². The van der Waals surface area contributed by atoms with Gasteiger partial charge in [-0.3, -0.25) is 24.2 Å². The van der Waals surface area contributed by atoms with E-state index in [0.717, 1.165) is 6.07 Å². The van der Waals surface area contributed by atoms with Crippen LogP contribution < -0.4 is 11.1 Å². The summed E-state index contributed by atoms with van der Waals surface area (Å²) in [6.07, 6.45) is -0.331. The molecule has 1 aromatic carbocycles. The molecule has 0 spiro atoms. The Labute approximate surface area is 233 Å². The summed E-state index contributed by atoms with van der Waals surface area (Å²) in [5.41, 5.74) is -0.166. The van der Waals surface area contributed by atoms with E-state index in [2.05, 4.69) is 5.32 Å². The number of nitrogens with zero attached hydrogens (tertiary/aromatic N) is 2. The van der Waals surface area contributed by atoms with Gasteiger partial charge in [-0.15, -0.1) is 0 Å². The number of fused-ring (bicyclic) bond motifs is 3. The number of aromatic hydroxyl groups is 1. The zero-order chi connectivity index (χ0) is 30.1. The lowest BCUT2D eigenvalue weighted by atomic mass is 9.57. The van der Waals surface area contributed by atoms with E-state index in [1.54, 1.807) is 4.90 Å². The van der Waals surface area contributed by atoms with Gasteiger partial charge in [0.1, 0.15) is 22.9 Å². The molecule has 4 aliphatic rings. The summed E-state index contributed by atoms with van der Waals surface area (Å²) >= 11 is 0. The van der Waals surface area contributed by atoms with Crippen molar-refractivity contribution < 1.29 is 44.3 Å². The molecule has 13 nitrogen and oxygen atoms in total. The third-order valence-electron chi connectivity index (χ3n) is 8.61. The summed E-state index contributed by atoms with van der Waals surface area (Å²) < 4.78 is 15.4. The van der Waals surface area contributed by atoms with Gasteiger partial charge in [-0.1, -0.05) is 0 Å². The number of phenols is 1. The smallest absolute Gasteiger partial charge is 0.254 e. The first-order valence-corrected chi connectivity index (χ1v) is 13.1. The van der Waals surface area contributed by atoms with Crippen LogP contribution in [0.1, 0.15) is 24.0 Å². The van der Waals surface area contributed by atoms with Crippen LogP contribution in [-0.2, 0) is 20.8 Å². The van der Waals surface area contributed by atoms with Crippen LogP contribution in [0.4, 0.5) is 10.1 Å². The van der Waals surface area contributed by atoms with Gasteiger partial charge in [-0.05, 0) is 39.3 Å². The van der Waals surface area contributed by atoms with Gasteiger partial charge in [-0.25, -0.2) is 4.39 Å². The topological polar surface area (TPSA) is 221 Å². The first-order chi connectivity index (χ1) is 19.2. The summed E-state index contributed by atoms with van der Waals surface area (Å²) in [6.45, 7) is 0.634. The predicted octanol–water partition coefficient (Wildman–Crippen LogP) is -0.441. The molecule has 1 saturated heterocycles. The average molecular weight is 574 g/mol. The van der Waals surface area contributed by atoms with Crippen molar-refractivity contribution in [2.75, 3.05) is 39.0 Å². The minimum Gasteiger partial charge on any atom is -0.510 e. The molecule has 5 atom stereocenters. The summed E-state index contributed by atoms with van der Waals surface area (Å²) in [4.78, 5) is 41.8. The lowest BCUT2D eigenvalue weighted by Gasteiger charge is -2.51. The number of Topliss-reactive ketones (excluding diaryl/α,β-unsaturated/α-hetero) is 1. The van der Waals surface area contributed by atoms with E-state index < -0.39 is 87.1 Å². The molecule has 41 heavy (non-hydrogen) atoms. The van der Waals surface area contributed by atoms with E-state index in [1.807, 2.05) is 0 Å². The van der Waals surface area contributed by atoms with Crippen LogP contribution in [0.5, 0.6) is 5.75 Å². The number of halogens is 1. The lowest BCUT2D eigenvalue weighted by Crippen LogP contribution is -2.67. The quantitative estimate of drug-likeness (QED) is 0.212. The van der Waals surface area contributed by atoms with Crippen LogP contribution in [0.2, 0.25) is 0 Å². The molecule has 14 heteroatoms. The van der Waals surface area contributed by atoms with Gasteiger partial charge in [0, 0.05) is 36.2 Å². The van der Waals surface area contributed by atoms with Gasteiger partial charge in [0.25, 0.3) is 5.91 Å². The first kappa shape index (κ1) is 28.7. The van der Waals surface area contributed by atoms with Gasteiger partial charge in [0.2, 0.25) is 11.7 Å². The number of nitrogens with one attached hydrogen (secondary N) is 2. The fourth-order valence-electron chi connectivity index (χ4n) is 6.77. The second kappa shape index (κ2) is 9.91. The number of carbonyl (C=O) groups is 3. The number of primary amides is 1. The Kier molecular flexibility index (Phi) is 6.93. The number of aliphatic hydroxyl groups excluding tert-OH is 3. The third kappa shape index (κ3) is 4.29. The molecule has 5 rings (SSSR count). The molecule has 0 aromatic heterocycles. The van der Waals surface area contributed by atoms with Crippen molar-refractivity contribution in [3.63, 3.8) is 0 Å². The molecule has 1 aromatic rings. The summed E-state index contributed by atoms with van der Waals surface area (Å²) in [7, 11) is 3.08. The van der Waals surface area contributed by atoms with Crippen molar-refractivity contribution >= 4 is 34.8 Å². The highest BCUT2D eigenvalue weighted by molar-refractivity contribution is 6.34. The number of β-amino-alcohol motifs (C(OH)–C–C–N with tert-alkyl or cyclic N) is 1. The minimum atomic E-state index is -2.66. The van der Waals surface area contributed by atoms with Gasteiger partial charge in [0.05, 0.1) is 35.7 Å². The maximum atomic E-state index is 15.4. The summed E-state index contributed by atoms with van der Waals surface area (Å²) in [6, 6.07) is -0.185. The van der Waals surface area contributed by atoms with E-state index in [9.17, 15) is 39.9 Å². The molecule has 0 radical (unpaired) electrons. The number of carbonyl (C=O) groups excluding carboxylic acids is 3. The Morgan fingerprint density at radius 2 is 1.98 bits per heavy atom. The highest BCUT2D eigenvalue weighted by Crippen LogP contribution is 2.53. The molecule has 0 bridgehead atoms. The summed E-state index contributed by atoms with van der Waals surface area (Å²) in [5, 5.41) is 65.4. The number of rotatable bonds is 5. The molecule has 0 unspecified atom stereocenters. The maximum Gasteiger partial charge on any atom is 0.254 e. The molecule has 2 amide bonds. The standard InChI is InChI=1S/C27H32FN5O8/c1-32(2)20-13-6-10-5-12-14(28)7-15(31-16(35)9-33-4-3-11(34)8-33)21(36)18(12)22(37)17(10)25(39)27(13,41)24(29)19(23(20)38)26(30)40/h7,10-11,13,20,29,34,36-38,41H,3-6,8-9H2,1-2H3,(H2,30,40)(H,31,35)/t10-,11+,13-,20-,27+/m0/s1. The van der Waals surface area contributed by atoms with Crippen LogP contribution in [0.3, 0.4) is 0 Å². The molecular formula is C27H32FN5O8. The van der Waals surface area contributed by atoms with Gasteiger partial charge >= 0.3 is 0 Å². The number of hydrogen-bond acceptors (Lipinski definition) is 11. The second-order valence-electron chi connectivity index (χ2n) is 11.3. The van der Waals surface area contributed by atoms with Crippen LogP contribution in [-0.4, -0.2) is 110 Å². The molecular weight excluding hydrogens is 541 g/mol. The zero-order valence-electron chi connectivity index (χ0n) is 22.4. The molecule has 9 N–H and O–H groups in total. The number of benzene rings is 1.